The molecule has 3 aliphatic carbocycles. The summed E-state index contributed by atoms with van der Waals surface area (Å²) in [6, 6.07) is 149. The highest BCUT2D eigenvalue weighted by atomic mass is 79.9. The van der Waals surface area contributed by atoms with Crippen LogP contribution in [0.3, 0.4) is 0 Å². The molecule has 1 spiro atoms. The molecular formula is C104H74Br3N3. The van der Waals surface area contributed by atoms with Crippen LogP contribution in [-0.4, -0.2) is 0 Å². The summed E-state index contributed by atoms with van der Waals surface area (Å²) >= 11 is 10.8. The number of fused-ring (bicyclic) bond motifs is 14. The van der Waals surface area contributed by atoms with E-state index >= 15 is 0 Å². The van der Waals surface area contributed by atoms with E-state index in [-0.39, 0.29) is 10.8 Å². The van der Waals surface area contributed by atoms with E-state index in [0.717, 1.165) is 58.9 Å². The van der Waals surface area contributed by atoms with Gasteiger partial charge in [-0.2, -0.15) is 0 Å². The van der Waals surface area contributed by atoms with E-state index in [1.807, 2.05) is 12.1 Å². The molecule has 6 heteroatoms. The Hall–Kier alpha value is -12.2. The minimum Gasteiger partial charge on any atom is -0.311 e. The number of anilines is 9. The minimum atomic E-state index is -0.371. The maximum Gasteiger partial charge on any atom is 0.0726 e. The molecule has 0 unspecified atom stereocenters. The zero-order chi connectivity index (χ0) is 74.3. The molecule has 0 radical (unpaired) electrons. The summed E-state index contributed by atoms with van der Waals surface area (Å²) in [7, 11) is 0. The van der Waals surface area contributed by atoms with Crippen molar-refractivity contribution in [1.82, 2.24) is 0 Å². The molecule has 0 aliphatic heterocycles. The highest BCUT2D eigenvalue weighted by Crippen LogP contribution is 2.63. The van der Waals surface area contributed by atoms with Crippen molar-refractivity contribution in [2.24, 2.45) is 0 Å². The van der Waals surface area contributed by atoms with Crippen molar-refractivity contribution in [2.45, 2.75) is 24.7 Å². The van der Waals surface area contributed by atoms with Gasteiger partial charge in [-0.15, -0.1) is 0 Å². The second kappa shape index (κ2) is 29.8. The Morgan fingerprint density at radius 2 is 0.427 bits per heavy atom. The Bertz CT molecular complexity index is 6040. The lowest BCUT2D eigenvalue weighted by atomic mass is 9.70. The van der Waals surface area contributed by atoms with Gasteiger partial charge in [0.05, 0.1) is 5.41 Å². The third-order valence-corrected chi connectivity index (χ3v) is 23.6. The van der Waals surface area contributed by atoms with Crippen LogP contribution in [0.4, 0.5) is 51.2 Å². The minimum absolute atomic E-state index is 0.0372. The van der Waals surface area contributed by atoms with Gasteiger partial charge in [-0.1, -0.05) is 329 Å². The lowest BCUT2D eigenvalue weighted by molar-refractivity contribution is 0.660. The molecule has 0 heterocycles. The van der Waals surface area contributed by atoms with Crippen molar-refractivity contribution in [3.8, 4) is 66.8 Å². The number of benzene rings is 17. The summed E-state index contributed by atoms with van der Waals surface area (Å²) in [6.45, 7) is 4.67. The Kier molecular flexibility index (Phi) is 18.8. The Labute approximate surface area is 669 Å². The third kappa shape index (κ3) is 13.0. The fourth-order valence-electron chi connectivity index (χ4n) is 16.8. The maximum absolute atomic E-state index is 3.65. The summed E-state index contributed by atoms with van der Waals surface area (Å²) in [4.78, 5) is 7.03. The predicted octanol–water partition coefficient (Wildman–Crippen LogP) is 30.6. The van der Waals surface area contributed by atoms with Gasteiger partial charge in [0, 0.05) is 70.0 Å². The van der Waals surface area contributed by atoms with Gasteiger partial charge in [0.15, 0.2) is 0 Å². The number of nitrogens with zero attached hydrogens (tertiary/aromatic N) is 3. The molecule has 17 aromatic carbocycles. The van der Waals surface area contributed by atoms with Gasteiger partial charge in [-0.25, -0.2) is 0 Å². The van der Waals surface area contributed by atoms with Crippen molar-refractivity contribution in [2.75, 3.05) is 14.7 Å². The van der Waals surface area contributed by atoms with Gasteiger partial charge in [0.25, 0.3) is 0 Å². The summed E-state index contributed by atoms with van der Waals surface area (Å²) in [5, 5.41) is 2.47. The first-order valence-electron chi connectivity index (χ1n) is 37.3. The van der Waals surface area contributed by atoms with Crippen LogP contribution in [0.15, 0.2) is 426 Å². The molecule has 0 saturated carbocycles. The van der Waals surface area contributed by atoms with Gasteiger partial charge in [0.1, 0.15) is 0 Å². The molecule has 0 atom stereocenters. The molecule has 0 N–H and O–H groups in total. The molecule has 3 nitrogen and oxygen atoms in total. The molecule has 3 aliphatic rings. The van der Waals surface area contributed by atoms with E-state index < -0.39 is 0 Å². The van der Waals surface area contributed by atoms with Crippen LogP contribution < -0.4 is 14.7 Å². The number of hydrogen-bond acceptors (Lipinski definition) is 3. The van der Waals surface area contributed by atoms with Gasteiger partial charge >= 0.3 is 0 Å². The summed E-state index contributed by atoms with van der Waals surface area (Å²) in [5.74, 6) is 0. The largest absolute Gasteiger partial charge is 0.311 e. The normalized spacial score (nSPS) is 12.6. The smallest absolute Gasteiger partial charge is 0.0726 e. The quantitative estimate of drug-likeness (QED) is 0.121. The summed E-state index contributed by atoms with van der Waals surface area (Å²) < 4.78 is 3.21. The van der Waals surface area contributed by atoms with E-state index in [1.165, 1.54) is 117 Å². The van der Waals surface area contributed by atoms with E-state index in [0.29, 0.717) is 0 Å². The van der Waals surface area contributed by atoms with E-state index in [2.05, 4.69) is 477 Å². The average molecular weight is 1610 g/mol. The van der Waals surface area contributed by atoms with Crippen molar-refractivity contribution in [3.05, 3.63) is 459 Å². The second-order valence-electron chi connectivity index (χ2n) is 28.7. The number of hydrogen-bond donors (Lipinski definition) is 0. The highest BCUT2D eigenvalue weighted by molar-refractivity contribution is 9.11. The SMILES string of the molecule is Brc1ccc(N(c2ccc(-c3ccccc3)cc2)c2ccc(-c3ccccc3)cc2)cc1.Brc1ccc(N(c2ccc3c(c2)C2(c4ccccc4-c4ccccc42)c2ccccc2-3)c2ccc3ccccc3c2)cc1.CC1(C)c2ccccc2-c2ccc(N(c3ccc(Br)cc3)c3ccc(-c4ccccc4)cc3)cc21. The van der Waals surface area contributed by atoms with E-state index in [1.54, 1.807) is 0 Å². The Morgan fingerprint density at radius 3 is 0.818 bits per heavy atom. The predicted molar refractivity (Wildman–Crippen MR) is 474 cm³/mol. The first kappa shape index (κ1) is 69.6. The fourth-order valence-corrected chi connectivity index (χ4v) is 17.6. The number of halogens is 3. The molecular weight excluding hydrogens is 1530 g/mol. The van der Waals surface area contributed by atoms with E-state index in [9.17, 15) is 0 Å². The standard InChI is InChI=1S/C41H26BrN.C33H26BrN.C30H22BrN/c42-29-18-21-30(22-19-29)43(31-20-17-27-9-1-2-10-28(27)25-31)32-23-24-36-35-13-5-8-16-39(35)41(40(36)26-32)37-14-6-3-11-33(37)34-12-4-7-15-38(34)41;1-33(2)31-11-7-6-10-29(31)30-21-20-28(22-32(30)33)35(27-18-14-25(34)15-19-27)26-16-12-24(13-17-26)23-8-4-3-5-9-23;31-27-15-21-30(22-16-27)32(28-17-11-25(12-18-28)23-7-3-1-4-8-23)29-19-13-26(14-20-29)24-9-5-2-6-10-24/h1-26H;3-22H,1-2H3;1-22H. The maximum atomic E-state index is 3.65. The monoisotopic (exact) mass is 1600 g/mol. The lowest BCUT2D eigenvalue weighted by Crippen LogP contribution is -2.26. The van der Waals surface area contributed by atoms with Crippen LogP contribution in [0, 0.1) is 0 Å². The Morgan fingerprint density at radius 1 is 0.182 bits per heavy atom. The highest BCUT2D eigenvalue weighted by Gasteiger charge is 2.52. The van der Waals surface area contributed by atoms with Crippen LogP contribution in [0.5, 0.6) is 0 Å². The van der Waals surface area contributed by atoms with Crippen molar-refractivity contribution in [3.63, 3.8) is 0 Å². The molecule has 110 heavy (non-hydrogen) atoms. The van der Waals surface area contributed by atoms with Gasteiger partial charge in [0.2, 0.25) is 0 Å². The lowest BCUT2D eigenvalue weighted by Gasteiger charge is -2.32. The topological polar surface area (TPSA) is 9.72 Å². The fraction of sp³-hybridized carbons (Fsp3) is 0.0385. The molecule has 20 rings (SSSR count). The zero-order valence-electron chi connectivity index (χ0n) is 60.7. The molecule has 0 fully saturated rings. The van der Waals surface area contributed by atoms with Crippen LogP contribution >= 0.6 is 47.8 Å². The average Bonchev–Trinajstić information content (AvgIpc) is 1.51. The van der Waals surface area contributed by atoms with Gasteiger partial charge in [-0.05, 0) is 257 Å². The van der Waals surface area contributed by atoms with Crippen LogP contribution in [-0.2, 0) is 10.8 Å². The molecule has 0 aromatic heterocycles. The number of rotatable bonds is 12. The van der Waals surface area contributed by atoms with Crippen molar-refractivity contribution in [1.29, 1.82) is 0 Å². The summed E-state index contributed by atoms with van der Waals surface area (Å²) in [6.07, 6.45) is 0. The molecule has 0 amide bonds. The van der Waals surface area contributed by atoms with Crippen LogP contribution in [0.1, 0.15) is 47.2 Å². The van der Waals surface area contributed by atoms with Crippen molar-refractivity contribution < 1.29 is 0 Å². The first-order valence-corrected chi connectivity index (χ1v) is 39.7. The van der Waals surface area contributed by atoms with Crippen molar-refractivity contribution >= 4 is 110 Å². The molecule has 17 aromatic rings. The van der Waals surface area contributed by atoms with Gasteiger partial charge < -0.3 is 14.7 Å². The molecule has 526 valence electrons. The summed E-state index contributed by atoms with van der Waals surface area (Å²) in [5.41, 5.74) is 33.3. The van der Waals surface area contributed by atoms with Crippen LogP contribution in [0.25, 0.3) is 77.5 Å². The van der Waals surface area contributed by atoms with E-state index in [4.69, 9.17) is 0 Å². The zero-order valence-corrected chi connectivity index (χ0v) is 65.5. The van der Waals surface area contributed by atoms with Crippen LogP contribution in [0.2, 0.25) is 0 Å². The third-order valence-electron chi connectivity index (χ3n) is 22.0. The molecule has 0 saturated heterocycles. The Balaban J connectivity index is 0.000000117. The van der Waals surface area contributed by atoms with Gasteiger partial charge in [-0.3, -0.25) is 0 Å². The molecule has 0 bridgehead atoms. The second-order valence-corrected chi connectivity index (χ2v) is 31.5. The first-order chi connectivity index (χ1) is 54.0.